The molecular weight excluding hydrogens is 565 g/mol. The smallest absolute Gasteiger partial charge is 0.266 e. The minimum absolute atomic E-state index is 0.379. The highest BCUT2D eigenvalue weighted by molar-refractivity contribution is 7.12. The van der Waals surface area contributed by atoms with Gasteiger partial charge in [-0.15, -0.1) is 5.10 Å². The predicted molar refractivity (Wildman–Crippen MR) is 174 cm³/mol. The lowest BCUT2D eigenvalue weighted by molar-refractivity contribution is 0.0946. The van der Waals surface area contributed by atoms with Crippen molar-refractivity contribution >= 4 is 17.2 Å². The summed E-state index contributed by atoms with van der Waals surface area (Å²) in [7, 11) is 0. The van der Waals surface area contributed by atoms with Gasteiger partial charge in [-0.2, -0.15) is 10.2 Å². The number of para-hydroxylation sites is 2. The van der Waals surface area contributed by atoms with Gasteiger partial charge in [-0.05, 0) is 29.8 Å². The molecule has 0 bridgehead atoms. The van der Waals surface area contributed by atoms with Crippen LogP contribution in [-0.4, -0.2) is 25.5 Å². The molecule has 1 amide bonds. The molecule has 0 radical (unpaired) electrons. The van der Waals surface area contributed by atoms with Crippen LogP contribution >= 0.6 is 11.3 Å². The molecule has 0 atom stereocenters. The van der Waals surface area contributed by atoms with Crippen molar-refractivity contribution in [1.29, 1.82) is 0 Å². The molecule has 8 heteroatoms. The van der Waals surface area contributed by atoms with Crippen LogP contribution in [-0.2, 0) is 0 Å². The highest BCUT2D eigenvalue weighted by Crippen LogP contribution is 2.36. The number of amides is 1. The number of hydrogen-bond donors (Lipinski definition) is 1. The Kier molecular flexibility index (Phi) is 7.47. The van der Waals surface area contributed by atoms with E-state index in [1.165, 1.54) is 11.3 Å². The van der Waals surface area contributed by atoms with Gasteiger partial charge >= 0.3 is 0 Å². The van der Waals surface area contributed by atoms with Crippen LogP contribution in [0.15, 0.2) is 157 Å². The van der Waals surface area contributed by atoms with Gasteiger partial charge < -0.3 is 0 Å². The third kappa shape index (κ3) is 5.37. The van der Waals surface area contributed by atoms with Crippen molar-refractivity contribution in [3.05, 3.63) is 162 Å². The van der Waals surface area contributed by atoms with Gasteiger partial charge in [0.15, 0.2) is 0 Å². The first-order valence-electron chi connectivity index (χ1n) is 14.1. The Labute approximate surface area is 258 Å². The molecule has 44 heavy (non-hydrogen) atoms. The van der Waals surface area contributed by atoms with Gasteiger partial charge in [0.1, 0.15) is 16.4 Å². The second kappa shape index (κ2) is 12.2. The van der Waals surface area contributed by atoms with Crippen LogP contribution in [0.2, 0.25) is 0 Å². The van der Waals surface area contributed by atoms with E-state index in [1.54, 1.807) is 9.36 Å². The number of nitrogens with zero attached hydrogens (tertiary/aromatic N) is 5. The third-order valence-electron chi connectivity index (χ3n) is 7.05. The summed E-state index contributed by atoms with van der Waals surface area (Å²) < 4.78 is 3.44. The van der Waals surface area contributed by atoms with Crippen molar-refractivity contribution in [2.75, 3.05) is 0 Å². The number of benzene rings is 5. The average molecular weight is 591 g/mol. The molecule has 7 rings (SSSR count). The summed E-state index contributed by atoms with van der Waals surface area (Å²) in [6.07, 6.45) is 0. The second-order valence-corrected chi connectivity index (χ2v) is 10.9. The van der Waals surface area contributed by atoms with Crippen LogP contribution in [0.1, 0.15) is 10.5 Å². The molecule has 2 aromatic heterocycles. The van der Waals surface area contributed by atoms with Gasteiger partial charge in [0.2, 0.25) is 4.80 Å². The van der Waals surface area contributed by atoms with Crippen LogP contribution < -0.4 is 10.2 Å². The van der Waals surface area contributed by atoms with Gasteiger partial charge in [0.05, 0.1) is 11.4 Å². The van der Waals surface area contributed by atoms with E-state index in [1.807, 2.05) is 152 Å². The molecule has 0 aliphatic rings. The van der Waals surface area contributed by atoms with Crippen molar-refractivity contribution in [3.8, 4) is 44.3 Å². The molecule has 7 aromatic rings. The summed E-state index contributed by atoms with van der Waals surface area (Å²) in [4.78, 5) is 14.8. The Hall–Kier alpha value is -5.86. The summed E-state index contributed by atoms with van der Waals surface area (Å²) in [6.45, 7) is 0. The fourth-order valence-corrected chi connectivity index (χ4v) is 5.87. The number of aromatic nitrogens is 4. The minimum Gasteiger partial charge on any atom is -0.266 e. The lowest BCUT2D eigenvalue weighted by Crippen LogP contribution is -2.26. The van der Waals surface area contributed by atoms with Crippen LogP contribution in [0, 0.1) is 0 Å². The monoisotopic (exact) mass is 590 g/mol. The SMILES string of the molecule is O=C(N/N=c1\sc(-c2ccccc2)nn1-c1ccccc1)c1c(-c2ccccc2)c(-c2ccccc2)nn1-c1ccccc1. The van der Waals surface area contributed by atoms with Gasteiger partial charge in [-0.25, -0.2) is 14.8 Å². The number of carbonyl (C=O) groups excluding carboxylic acids is 1. The maximum Gasteiger partial charge on any atom is 0.290 e. The first kappa shape index (κ1) is 27.0. The van der Waals surface area contributed by atoms with E-state index in [0.717, 1.165) is 38.6 Å². The molecular formula is C36H26N6OS. The molecule has 0 aliphatic carbocycles. The number of hydrogen-bond acceptors (Lipinski definition) is 5. The summed E-state index contributed by atoms with van der Waals surface area (Å²) in [6, 6.07) is 49.1. The summed E-state index contributed by atoms with van der Waals surface area (Å²) >= 11 is 1.40. The largest absolute Gasteiger partial charge is 0.290 e. The van der Waals surface area contributed by atoms with Crippen molar-refractivity contribution < 1.29 is 4.79 Å². The zero-order valence-corrected chi connectivity index (χ0v) is 24.3. The van der Waals surface area contributed by atoms with Crippen molar-refractivity contribution in [2.24, 2.45) is 5.10 Å². The van der Waals surface area contributed by atoms with Crippen LogP contribution in [0.5, 0.6) is 0 Å². The molecule has 1 N–H and O–H groups in total. The van der Waals surface area contributed by atoms with E-state index in [4.69, 9.17) is 10.2 Å². The summed E-state index contributed by atoms with van der Waals surface area (Å²) in [5, 5.41) is 15.3. The Balaban J connectivity index is 1.39. The van der Waals surface area contributed by atoms with Crippen LogP contribution in [0.3, 0.4) is 0 Å². The normalized spacial score (nSPS) is 11.4. The molecule has 7 nitrogen and oxygen atoms in total. The summed E-state index contributed by atoms with van der Waals surface area (Å²) in [5.74, 6) is -0.392. The molecule has 0 saturated carbocycles. The standard InChI is InChI=1S/C36H26N6OS/c43-34(37-38-36-42(30-24-14-5-15-25-30)40-35(44-36)28-20-10-3-11-21-28)33-31(26-16-6-1-7-17-26)32(27-18-8-2-9-19-27)39-41(33)29-22-12-4-13-23-29/h1-25H,(H,37,43)/b38-36-. The number of nitrogens with one attached hydrogen (secondary N) is 1. The van der Waals surface area contributed by atoms with E-state index in [0.29, 0.717) is 16.2 Å². The second-order valence-electron chi connectivity index (χ2n) is 9.91. The van der Waals surface area contributed by atoms with E-state index in [-0.39, 0.29) is 0 Å². The predicted octanol–water partition coefficient (Wildman–Crippen LogP) is 7.37. The molecule has 0 aliphatic heterocycles. The fourth-order valence-electron chi connectivity index (χ4n) is 5.00. The van der Waals surface area contributed by atoms with E-state index < -0.39 is 5.91 Å². The molecule has 0 spiro atoms. The van der Waals surface area contributed by atoms with Crippen molar-refractivity contribution in [1.82, 2.24) is 25.0 Å². The molecule has 0 unspecified atom stereocenters. The Morgan fingerprint density at radius 2 is 1.05 bits per heavy atom. The zero-order valence-electron chi connectivity index (χ0n) is 23.5. The van der Waals surface area contributed by atoms with E-state index in [9.17, 15) is 4.79 Å². The van der Waals surface area contributed by atoms with E-state index >= 15 is 0 Å². The zero-order chi connectivity index (χ0) is 29.7. The number of carbonyl (C=O) groups is 1. The fraction of sp³-hybridized carbons (Fsp3) is 0. The van der Waals surface area contributed by atoms with Gasteiger partial charge in [0, 0.05) is 16.7 Å². The van der Waals surface area contributed by atoms with Gasteiger partial charge in [-0.1, -0.05) is 139 Å². The lowest BCUT2D eigenvalue weighted by atomic mass is 9.98. The van der Waals surface area contributed by atoms with Crippen LogP contribution in [0.25, 0.3) is 44.3 Å². The maximum atomic E-state index is 14.3. The van der Waals surface area contributed by atoms with Crippen molar-refractivity contribution in [2.45, 2.75) is 0 Å². The number of rotatable bonds is 7. The van der Waals surface area contributed by atoms with Crippen molar-refractivity contribution in [3.63, 3.8) is 0 Å². The maximum absolute atomic E-state index is 14.3. The molecule has 0 saturated heterocycles. The minimum atomic E-state index is -0.392. The van der Waals surface area contributed by atoms with Gasteiger partial charge in [0.25, 0.3) is 5.91 Å². The first-order valence-corrected chi connectivity index (χ1v) is 14.9. The van der Waals surface area contributed by atoms with Gasteiger partial charge in [-0.3, -0.25) is 4.79 Å². The topological polar surface area (TPSA) is 77.1 Å². The molecule has 5 aromatic carbocycles. The lowest BCUT2D eigenvalue weighted by Gasteiger charge is -2.09. The van der Waals surface area contributed by atoms with Crippen LogP contribution in [0.4, 0.5) is 0 Å². The molecule has 0 fully saturated rings. The average Bonchev–Trinajstić information content (AvgIpc) is 3.72. The molecule has 212 valence electrons. The molecule has 2 heterocycles. The highest BCUT2D eigenvalue weighted by atomic mass is 32.1. The highest BCUT2D eigenvalue weighted by Gasteiger charge is 2.26. The van der Waals surface area contributed by atoms with E-state index in [2.05, 4.69) is 10.5 Å². The first-order chi connectivity index (χ1) is 21.8. The Bertz CT molecular complexity index is 2090. The summed E-state index contributed by atoms with van der Waals surface area (Å²) in [5.41, 5.74) is 9.01. The quantitative estimate of drug-likeness (QED) is 0.197. The third-order valence-corrected chi connectivity index (χ3v) is 8.00. The Morgan fingerprint density at radius 1 is 0.568 bits per heavy atom. The Morgan fingerprint density at radius 3 is 1.61 bits per heavy atom.